The molecule has 0 saturated heterocycles. The first-order valence-corrected chi connectivity index (χ1v) is 11.0. The Morgan fingerprint density at radius 3 is 2.26 bits per heavy atom. The van der Waals surface area contributed by atoms with E-state index in [1.807, 2.05) is 0 Å². The van der Waals surface area contributed by atoms with Crippen LogP contribution in [0.15, 0.2) is 72.8 Å². The van der Waals surface area contributed by atoms with Crippen molar-refractivity contribution in [2.24, 2.45) is 5.73 Å². The predicted molar refractivity (Wildman–Crippen MR) is 117 cm³/mol. The molecule has 3 aromatic rings. The van der Waals surface area contributed by atoms with E-state index in [9.17, 15) is 22.4 Å². The van der Waals surface area contributed by atoms with E-state index in [1.165, 1.54) is 42.5 Å². The van der Waals surface area contributed by atoms with E-state index in [-0.39, 0.29) is 17.8 Å². The number of halogens is 1. The van der Waals surface area contributed by atoms with Gasteiger partial charge in [0, 0.05) is 16.8 Å². The van der Waals surface area contributed by atoms with Gasteiger partial charge < -0.3 is 11.1 Å². The minimum absolute atomic E-state index is 0.0545. The van der Waals surface area contributed by atoms with Crippen LogP contribution in [0.3, 0.4) is 0 Å². The molecule has 0 aliphatic carbocycles. The molecule has 0 aromatic heterocycles. The zero-order chi connectivity index (χ0) is 22.6. The fourth-order valence-electron chi connectivity index (χ4n) is 2.92. The molecule has 0 aliphatic rings. The average molecular weight is 441 g/mol. The van der Waals surface area contributed by atoms with E-state index in [0.717, 1.165) is 10.6 Å². The lowest BCUT2D eigenvalue weighted by Gasteiger charge is -2.23. The second-order valence-electron chi connectivity index (χ2n) is 6.82. The SMILES string of the molecule is CS(=O)(=O)N(Cc1ccc(C(=O)Nc2cccc(C(N)=O)c2)cc1)c1ccccc1F. The van der Waals surface area contributed by atoms with Gasteiger partial charge >= 0.3 is 0 Å². The van der Waals surface area contributed by atoms with E-state index >= 15 is 0 Å². The summed E-state index contributed by atoms with van der Waals surface area (Å²) in [4.78, 5) is 23.7. The number of benzene rings is 3. The van der Waals surface area contributed by atoms with Gasteiger partial charge in [-0.1, -0.05) is 30.3 Å². The highest BCUT2D eigenvalue weighted by Crippen LogP contribution is 2.24. The lowest BCUT2D eigenvalue weighted by atomic mass is 10.1. The first-order chi connectivity index (χ1) is 14.6. The van der Waals surface area contributed by atoms with Crippen LogP contribution in [-0.4, -0.2) is 26.5 Å². The van der Waals surface area contributed by atoms with Crippen molar-refractivity contribution in [2.75, 3.05) is 15.9 Å². The van der Waals surface area contributed by atoms with Gasteiger partial charge in [-0.25, -0.2) is 12.8 Å². The van der Waals surface area contributed by atoms with Crippen molar-refractivity contribution in [3.05, 3.63) is 95.3 Å². The summed E-state index contributed by atoms with van der Waals surface area (Å²) < 4.78 is 39.5. The second kappa shape index (κ2) is 8.97. The molecule has 0 spiro atoms. The number of amides is 2. The molecule has 0 aliphatic heterocycles. The molecular formula is C22H20FN3O4S. The summed E-state index contributed by atoms with van der Waals surface area (Å²) >= 11 is 0. The molecule has 160 valence electrons. The van der Waals surface area contributed by atoms with Crippen molar-refractivity contribution in [1.82, 2.24) is 0 Å². The number of carbonyl (C=O) groups excluding carboxylic acids is 2. The number of primary amides is 1. The molecule has 0 unspecified atom stereocenters. The van der Waals surface area contributed by atoms with Gasteiger partial charge in [0.2, 0.25) is 15.9 Å². The standard InChI is InChI=1S/C22H20FN3O4S/c1-31(29,30)26(20-8-3-2-7-19(20)23)14-15-9-11-16(12-10-15)22(28)25-18-6-4-5-17(13-18)21(24)27/h2-13H,14H2,1H3,(H2,24,27)(H,25,28). The van der Waals surface area contributed by atoms with Crippen LogP contribution in [0.25, 0.3) is 0 Å². The molecule has 0 saturated carbocycles. The van der Waals surface area contributed by atoms with Crippen molar-refractivity contribution in [3.63, 3.8) is 0 Å². The van der Waals surface area contributed by atoms with Gasteiger partial charge in [0.05, 0.1) is 18.5 Å². The van der Waals surface area contributed by atoms with Gasteiger partial charge in [0.25, 0.3) is 5.91 Å². The molecule has 7 nitrogen and oxygen atoms in total. The Morgan fingerprint density at radius 1 is 0.968 bits per heavy atom. The van der Waals surface area contributed by atoms with E-state index in [0.29, 0.717) is 16.8 Å². The van der Waals surface area contributed by atoms with Crippen molar-refractivity contribution >= 4 is 33.2 Å². The van der Waals surface area contributed by atoms with Crippen LogP contribution in [-0.2, 0) is 16.6 Å². The van der Waals surface area contributed by atoms with Gasteiger partial charge in [-0.05, 0) is 48.0 Å². The smallest absolute Gasteiger partial charge is 0.255 e. The first kappa shape index (κ1) is 22.0. The van der Waals surface area contributed by atoms with Crippen LogP contribution < -0.4 is 15.4 Å². The summed E-state index contributed by atoms with van der Waals surface area (Å²) in [7, 11) is -3.74. The van der Waals surface area contributed by atoms with Crippen molar-refractivity contribution in [3.8, 4) is 0 Å². The molecule has 0 fully saturated rings. The molecule has 3 N–H and O–H groups in total. The minimum atomic E-state index is -3.74. The largest absolute Gasteiger partial charge is 0.366 e. The lowest BCUT2D eigenvalue weighted by Crippen LogP contribution is -2.30. The van der Waals surface area contributed by atoms with Gasteiger partial charge in [-0.2, -0.15) is 0 Å². The van der Waals surface area contributed by atoms with E-state index < -0.39 is 27.7 Å². The molecule has 0 radical (unpaired) electrons. The van der Waals surface area contributed by atoms with Gasteiger partial charge in [-0.15, -0.1) is 0 Å². The highest BCUT2D eigenvalue weighted by molar-refractivity contribution is 7.92. The fourth-order valence-corrected chi connectivity index (χ4v) is 3.80. The number of anilines is 2. The number of nitrogens with one attached hydrogen (secondary N) is 1. The highest BCUT2D eigenvalue weighted by atomic mass is 32.2. The third-order valence-electron chi connectivity index (χ3n) is 4.47. The Hall–Kier alpha value is -3.72. The molecule has 31 heavy (non-hydrogen) atoms. The predicted octanol–water partition coefficient (Wildman–Crippen LogP) is 3.14. The Balaban J connectivity index is 1.77. The summed E-state index contributed by atoms with van der Waals surface area (Å²) in [5, 5.41) is 2.67. The summed E-state index contributed by atoms with van der Waals surface area (Å²) in [5.41, 5.74) is 6.76. The average Bonchev–Trinajstić information content (AvgIpc) is 2.72. The van der Waals surface area contributed by atoms with Crippen LogP contribution in [0.4, 0.5) is 15.8 Å². The third kappa shape index (κ3) is 5.46. The number of para-hydroxylation sites is 1. The molecule has 3 aromatic carbocycles. The third-order valence-corrected chi connectivity index (χ3v) is 5.60. The number of nitrogens with two attached hydrogens (primary N) is 1. The number of carbonyl (C=O) groups is 2. The van der Waals surface area contributed by atoms with Gasteiger partial charge in [0.15, 0.2) is 0 Å². The first-order valence-electron chi connectivity index (χ1n) is 9.17. The zero-order valence-corrected chi connectivity index (χ0v) is 17.4. The number of hydrogen-bond donors (Lipinski definition) is 2. The monoisotopic (exact) mass is 441 g/mol. The highest BCUT2D eigenvalue weighted by Gasteiger charge is 2.21. The maximum Gasteiger partial charge on any atom is 0.255 e. The van der Waals surface area contributed by atoms with Crippen LogP contribution in [0.1, 0.15) is 26.3 Å². The van der Waals surface area contributed by atoms with Crippen LogP contribution in [0.2, 0.25) is 0 Å². The molecule has 2 amide bonds. The number of hydrogen-bond acceptors (Lipinski definition) is 4. The molecule has 3 rings (SSSR count). The maximum atomic E-state index is 14.1. The Bertz CT molecular complexity index is 1230. The second-order valence-corrected chi connectivity index (χ2v) is 8.72. The van der Waals surface area contributed by atoms with E-state index in [1.54, 1.807) is 30.3 Å². The molecular weight excluding hydrogens is 421 g/mol. The summed E-state index contributed by atoms with van der Waals surface area (Å²) in [6, 6.07) is 18.1. The van der Waals surface area contributed by atoms with Gasteiger partial charge in [-0.3, -0.25) is 13.9 Å². The maximum absolute atomic E-state index is 14.1. The summed E-state index contributed by atoms with van der Waals surface area (Å²) in [5.74, 6) is -1.67. The fraction of sp³-hybridized carbons (Fsp3) is 0.0909. The number of rotatable bonds is 7. The Morgan fingerprint density at radius 2 is 1.65 bits per heavy atom. The van der Waals surface area contributed by atoms with Crippen LogP contribution in [0.5, 0.6) is 0 Å². The Kier molecular flexibility index (Phi) is 6.36. The Labute approximate surface area is 179 Å². The number of nitrogens with zero attached hydrogens (tertiary/aromatic N) is 1. The topological polar surface area (TPSA) is 110 Å². The van der Waals surface area contributed by atoms with Crippen molar-refractivity contribution < 1.29 is 22.4 Å². The summed E-state index contributed by atoms with van der Waals surface area (Å²) in [6.07, 6.45) is 1.00. The van der Waals surface area contributed by atoms with E-state index in [4.69, 9.17) is 5.73 Å². The van der Waals surface area contributed by atoms with Gasteiger partial charge in [0.1, 0.15) is 5.82 Å². The van der Waals surface area contributed by atoms with Crippen molar-refractivity contribution in [1.29, 1.82) is 0 Å². The zero-order valence-electron chi connectivity index (χ0n) is 16.6. The molecule has 0 atom stereocenters. The molecule has 0 heterocycles. The molecule has 9 heteroatoms. The summed E-state index contributed by atoms with van der Waals surface area (Å²) in [6.45, 7) is -0.0949. The van der Waals surface area contributed by atoms with Crippen LogP contribution in [0, 0.1) is 5.82 Å². The molecule has 0 bridgehead atoms. The minimum Gasteiger partial charge on any atom is -0.366 e. The van der Waals surface area contributed by atoms with Crippen molar-refractivity contribution in [2.45, 2.75) is 6.54 Å². The number of sulfonamides is 1. The normalized spacial score (nSPS) is 11.0. The van der Waals surface area contributed by atoms with E-state index in [2.05, 4.69) is 5.32 Å². The van der Waals surface area contributed by atoms with Crippen LogP contribution >= 0.6 is 0 Å². The quantitative estimate of drug-likeness (QED) is 0.587. The lowest BCUT2D eigenvalue weighted by molar-refractivity contribution is 0.0996.